The molecule has 0 amide bonds. The van der Waals surface area contributed by atoms with E-state index >= 15 is 0 Å². The van der Waals surface area contributed by atoms with Gasteiger partial charge in [-0.1, -0.05) is 58.0 Å². The van der Waals surface area contributed by atoms with E-state index in [1.54, 1.807) is 11.3 Å². The van der Waals surface area contributed by atoms with Crippen molar-refractivity contribution in [2.45, 2.75) is 46.1 Å². The third-order valence-electron chi connectivity index (χ3n) is 4.40. The number of anilines is 1. The minimum Gasteiger partial charge on any atom is -0.379 e. The maximum absolute atomic E-state index is 4.83. The first-order valence-corrected chi connectivity index (χ1v) is 9.80. The topological polar surface area (TPSA) is 24.9 Å². The second-order valence-electron chi connectivity index (χ2n) is 6.97. The summed E-state index contributed by atoms with van der Waals surface area (Å²) in [5.41, 5.74) is 6.15. The van der Waals surface area contributed by atoms with E-state index in [0.717, 1.165) is 17.9 Å². The van der Waals surface area contributed by atoms with Gasteiger partial charge in [0.25, 0.3) is 0 Å². The highest BCUT2D eigenvalue weighted by Gasteiger charge is 2.13. The molecule has 1 N–H and O–H groups in total. The fourth-order valence-corrected chi connectivity index (χ4v) is 3.77. The van der Waals surface area contributed by atoms with E-state index in [4.69, 9.17) is 4.98 Å². The van der Waals surface area contributed by atoms with Gasteiger partial charge < -0.3 is 5.32 Å². The van der Waals surface area contributed by atoms with Gasteiger partial charge in [0.2, 0.25) is 0 Å². The summed E-state index contributed by atoms with van der Waals surface area (Å²) >= 11 is 1.73. The molecule has 0 radical (unpaired) electrons. The van der Waals surface area contributed by atoms with Gasteiger partial charge in [-0.05, 0) is 46.5 Å². The van der Waals surface area contributed by atoms with E-state index in [1.807, 2.05) is 0 Å². The normalized spacial score (nSPS) is 11.3. The molecule has 0 spiro atoms. The lowest BCUT2D eigenvalue weighted by Gasteiger charge is -2.21. The van der Waals surface area contributed by atoms with Gasteiger partial charge in [-0.25, -0.2) is 0 Å². The summed E-state index contributed by atoms with van der Waals surface area (Å²) in [6.07, 6.45) is 0. The Hall–Kier alpha value is -2.13. The summed E-state index contributed by atoms with van der Waals surface area (Å²) < 4.78 is 0. The maximum atomic E-state index is 4.83. The Bertz CT molecular complexity index is 794. The molecule has 0 aliphatic rings. The summed E-state index contributed by atoms with van der Waals surface area (Å²) in [7, 11) is 0. The number of hydrogen-bond acceptors (Lipinski definition) is 3. The van der Waals surface area contributed by atoms with Crippen molar-refractivity contribution in [3.63, 3.8) is 0 Å². The van der Waals surface area contributed by atoms with Crippen molar-refractivity contribution in [1.29, 1.82) is 0 Å². The maximum Gasteiger partial charge on any atom is 0.0805 e. The third kappa shape index (κ3) is 4.10. The Labute approximate surface area is 155 Å². The number of nitrogens with zero attached hydrogens (tertiary/aromatic N) is 1. The van der Waals surface area contributed by atoms with Crippen LogP contribution in [0.15, 0.2) is 53.9 Å². The average Bonchev–Trinajstić information content (AvgIpc) is 3.14. The number of hydrogen-bond donors (Lipinski definition) is 1. The molecule has 0 atom stereocenters. The van der Waals surface area contributed by atoms with Crippen LogP contribution in [-0.4, -0.2) is 4.98 Å². The fourth-order valence-electron chi connectivity index (χ4n) is 3.07. The van der Waals surface area contributed by atoms with Gasteiger partial charge in [0.1, 0.15) is 0 Å². The van der Waals surface area contributed by atoms with Crippen LogP contribution in [-0.2, 0) is 6.54 Å². The summed E-state index contributed by atoms with van der Waals surface area (Å²) in [6.45, 7) is 9.74. The molecule has 130 valence electrons. The summed E-state index contributed by atoms with van der Waals surface area (Å²) in [5, 5.41) is 5.77. The lowest BCUT2D eigenvalue weighted by Crippen LogP contribution is -2.08. The molecule has 0 saturated heterocycles. The van der Waals surface area contributed by atoms with Crippen molar-refractivity contribution in [2.24, 2.45) is 0 Å². The van der Waals surface area contributed by atoms with Gasteiger partial charge in [0.05, 0.1) is 22.8 Å². The van der Waals surface area contributed by atoms with Crippen LogP contribution in [0.2, 0.25) is 0 Å². The molecule has 2 nitrogen and oxygen atoms in total. The Morgan fingerprint density at radius 3 is 2.16 bits per heavy atom. The first kappa shape index (κ1) is 17.7. The molecular formula is C22H26N2S. The van der Waals surface area contributed by atoms with E-state index < -0.39 is 0 Å². The molecule has 0 fully saturated rings. The summed E-state index contributed by atoms with van der Waals surface area (Å²) in [5.74, 6) is 0.984. The molecule has 1 aromatic carbocycles. The van der Waals surface area contributed by atoms with Crippen LogP contribution < -0.4 is 5.32 Å². The van der Waals surface area contributed by atoms with Gasteiger partial charge in [0.15, 0.2) is 0 Å². The lowest BCUT2D eigenvalue weighted by molar-refractivity contribution is 0.831. The Morgan fingerprint density at radius 1 is 0.880 bits per heavy atom. The Kier molecular flexibility index (Phi) is 5.54. The SMILES string of the molecule is CC(C)c1cccc(C(C)C)c1NCc1cccc(-c2cccs2)n1. The quantitative estimate of drug-likeness (QED) is 0.537. The molecule has 3 rings (SSSR count). The first-order chi connectivity index (χ1) is 12.1. The Balaban J connectivity index is 1.86. The molecule has 0 bridgehead atoms. The molecular weight excluding hydrogens is 324 g/mol. The number of nitrogens with one attached hydrogen (secondary N) is 1. The zero-order valence-corrected chi connectivity index (χ0v) is 16.2. The van der Waals surface area contributed by atoms with Crippen LogP contribution in [0, 0.1) is 0 Å². The van der Waals surface area contributed by atoms with Crippen molar-refractivity contribution in [3.05, 3.63) is 70.7 Å². The first-order valence-electron chi connectivity index (χ1n) is 8.92. The number of aromatic nitrogens is 1. The van der Waals surface area contributed by atoms with Crippen molar-refractivity contribution in [3.8, 4) is 10.6 Å². The molecule has 0 unspecified atom stereocenters. The highest BCUT2D eigenvalue weighted by Crippen LogP contribution is 2.32. The monoisotopic (exact) mass is 350 g/mol. The van der Waals surface area contributed by atoms with E-state index in [2.05, 4.69) is 86.9 Å². The predicted octanol–water partition coefficient (Wildman–Crippen LogP) is 6.67. The highest BCUT2D eigenvalue weighted by atomic mass is 32.1. The van der Waals surface area contributed by atoms with Crippen molar-refractivity contribution in [2.75, 3.05) is 5.32 Å². The molecule has 0 aliphatic carbocycles. The minimum absolute atomic E-state index is 0.492. The number of thiophene rings is 1. The second kappa shape index (κ2) is 7.83. The van der Waals surface area contributed by atoms with Crippen LogP contribution >= 0.6 is 11.3 Å². The van der Waals surface area contributed by atoms with E-state index in [0.29, 0.717) is 11.8 Å². The number of para-hydroxylation sites is 1. The smallest absolute Gasteiger partial charge is 0.0805 e. The molecule has 3 heteroatoms. The van der Waals surface area contributed by atoms with Crippen LogP contribution in [0.3, 0.4) is 0 Å². The van der Waals surface area contributed by atoms with Gasteiger partial charge in [-0.15, -0.1) is 11.3 Å². The molecule has 25 heavy (non-hydrogen) atoms. The van der Waals surface area contributed by atoms with E-state index in [1.165, 1.54) is 21.7 Å². The van der Waals surface area contributed by atoms with E-state index in [9.17, 15) is 0 Å². The Morgan fingerprint density at radius 2 is 1.56 bits per heavy atom. The van der Waals surface area contributed by atoms with Crippen LogP contribution in [0.5, 0.6) is 0 Å². The minimum atomic E-state index is 0.492. The summed E-state index contributed by atoms with van der Waals surface area (Å²) in [6, 6.07) is 17.1. The van der Waals surface area contributed by atoms with Gasteiger partial charge in [0, 0.05) is 5.69 Å². The van der Waals surface area contributed by atoms with Crippen molar-refractivity contribution in [1.82, 2.24) is 4.98 Å². The number of rotatable bonds is 6. The molecule has 3 aromatic rings. The average molecular weight is 351 g/mol. The van der Waals surface area contributed by atoms with Gasteiger partial charge >= 0.3 is 0 Å². The lowest BCUT2D eigenvalue weighted by atomic mass is 9.92. The molecule has 0 saturated carbocycles. The second-order valence-corrected chi connectivity index (χ2v) is 7.91. The fraction of sp³-hybridized carbons (Fsp3) is 0.318. The largest absolute Gasteiger partial charge is 0.379 e. The molecule has 2 aromatic heterocycles. The van der Waals surface area contributed by atoms with E-state index in [-0.39, 0.29) is 0 Å². The number of pyridine rings is 1. The molecule has 0 aliphatic heterocycles. The molecule has 2 heterocycles. The van der Waals surface area contributed by atoms with Gasteiger partial charge in [-0.2, -0.15) is 0 Å². The van der Waals surface area contributed by atoms with Crippen LogP contribution in [0.1, 0.15) is 56.4 Å². The third-order valence-corrected chi connectivity index (χ3v) is 5.29. The number of benzene rings is 1. The van der Waals surface area contributed by atoms with Gasteiger partial charge in [-0.3, -0.25) is 4.98 Å². The van der Waals surface area contributed by atoms with Crippen molar-refractivity contribution < 1.29 is 0 Å². The van der Waals surface area contributed by atoms with Crippen molar-refractivity contribution >= 4 is 17.0 Å². The van der Waals surface area contributed by atoms with Crippen LogP contribution in [0.4, 0.5) is 5.69 Å². The predicted molar refractivity (Wildman–Crippen MR) is 109 cm³/mol. The zero-order valence-electron chi connectivity index (χ0n) is 15.4. The van der Waals surface area contributed by atoms with Crippen LogP contribution in [0.25, 0.3) is 10.6 Å². The zero-order chi connectivity index (χ0) is 17.8. The highest BCUT2D eigenvalue weighted by molar-refractivity contribution is 7.13. The standard InChI is InChI=1S/C22H26N2S/c1-15(2)18-9-6-10-19(16(3)4)22(18)23-14-17-8-5-11-20(24-17)21-12-7-13-25-21/h5-13,15-16,23H,14H2,1-4H3. The summed E-state index contributed by atoms with van der Waals surface area (Å²) in [4.78, 5) is 6.04.